The van der Waals surface area contributed by atoms with Gasteiger partial charge in [0.15, 0.2) is 0 Å². The van der Waals surface area contributed by atoms with E-state index >= 15 is 0 Å². The van der Waals surface area contributed by atoms with Crippen LogP contribution in [0.1, 0.15) is 24.3 Å². The van der Waals surface area contributed by atoms with Crippen LogP contribution in [0, 0.1) is 17.1 Å². The smallest absolute Gasteiger partial charge is 0.132 e. The predicted molar refractivity (Wildman–Crippen MR) is 66.2 cm³/mol. The summed E-state index contributed by atoms with van der Waals surface area (Å²) >= 11 is 1.41. The monoisotopic (exact) mass is 246 g/mol. The van der Waals surface area contributed by atoms with Gasteiger partial charge in [-0.3, -0.25) is 0 Å². The number of rotatable bonds is 3. The fourth-order valence-electron chi connectivity index (χ4n) is 1.56. The average molecular weight is 246 g/mol. The zero-order valence-electron chi connectivity index (χ0n) is 9.35. The van der Waals surface area contributed by atoms with Crippen LogP contribution < -0.4 is 0 Å². The third-order valence-electron chi connectivity index (χ3n) is 2.53. The van der Waals surface area contributed by atoms with Crippen LogP contribution in [-0.2, 0) is 0 Å². The van der Waals surface area contributed by atoms with Gasteiger partial charge in [0.1, 0.15) is 10.8 Å². The molecule has 1 aromatic carbocycles. The van der Waals surface area contributed by atoms with Crippen LogP contribution in [0.25, 0.3) is 11.3 Å². The number of thiazole rings is 1. The van der Waals surface area contributed by atoms with E-state index < -0.39 is 0 Å². The molecule has 0 radical (unpaired) electrons. The van der Waals surface area contributed by atoms with E-state index in [-0.39, 0.29) is 11.7 Å². The van der Waals surface area contributed by atoms with Crippen LogP contribution in [-0.4, -0.2) is 4.98 Å². The minimum Gasteiger partial charge on any atom is -0.240 e. The minimum absolute atomic E-state index is 0.194. The summed E-state index contributed by atoms with van der Waals surface area (Å²) in [5, 5.41) is 11.5. The number of hydrogen-bond donors (Lipinski definition) is 0. The van der Waals surface area contributed by atoms with Gasteiger partial charge in [-0.15, -0.1) is 11.3 Å². The summed E-state index contributed by atoms with van der Waals surface area (Å²) < 4.78 is 13.5. The topological polar surface area (TPSA) is 36.7 Å². The van der Waals surface area contributed by atoms with E-state index in [4.69, 9.17) is 5.26 Å². The second-order valence-corrected chi connectivity index (χ2v) is 4.53. The van der Waals surface area contributed by atoms with Crippen LogP contribution in [0.4, 0.5) is 4.39 Å². The lowest BCUT2D eigenvalue weighted by atomic mass is 10.1. The highest BCUT2D eigenvalue weighted by atomic mass is 32.1. The second-order valence-electron chi connectivity index (χ2n) is 3.64. The Kier molecular flexibility index (Phi) is 3.50. The molecule has 2 aromatic rings. The molecule has 4 heteroatoms. The first-order chi connectivity index (χ1) is 8.26. The first kappa shape index (κ1) is 11.7. The quantitative estimate of drug-likeness (QED) is 0.821. The fraction of sp³-hybridized carbons (Fsp3) is 0.231. The molecule has 0 spiro atoms. The first-order valence-corrected chi connectivity index (χ1v) is 6.24. The summed E-state index contributed by atoms with van der Waals surface area (Å²) in [7, 11) is 0. The van der Waals surface area contributed by atoms with Crippen molar-refractivity contribution in [1.29, 1.82) is 5.26 Å². The van der Waals surface area contributed by atoms with Crippen molar-refractivity contribution < 1.29 is 4.39 Å². The van der Waals surface area contributed by atoms with Crippen molar-refractivity contribution in [3.8, 4) is 17.3 Å². The van der Waals surface area contributed by atoms with Crippen LogP contribution >= 0.6 is 11.3 Å². The number of aromatic nitrogens is 1. The number of hydrogen-bond acceptors (Lipinski definition) is 3. The Balaban J connectivity index is 2.37. The Labute approximate surface area is 103 Å². The molecule has 17 heavy (non-hydrogen) atoms. The molecule has 0 aliphatic carbocycles. The third-order valence-corrected chi connectivity index (χ3v) is 3.49. The minimum atomic E-state index is -0.283. The molecule has 0 saturated heterocycles. The third kappa shape index (κ3) is 2.34. The van der Waals surface area contributed by atoms with Gasteiger partial charge in [-0.05, 0) is 18.6 Å². The normalized spacial score (nSPS) is 12.1. The van der Waals surface area contributed by atoms with Crippen LogP contribution in [0.2, 0.25) is 0 Å². The van der Waals surface area contributed by atoms with Crippen molar-refractivity contribution in [2.45, 2.75) is 19.3 Å². The average Bonchev–Trinajstić information content (AvgIpc) is 2.81. The molecule has 1 unspecified atom stereocenters. The van der Waals surface area contributed by atoms with Gasteiger partial charge >= 0.3 is 0 Å². The van der Waals surface area contributed by atoms with E-state index in [9.17, 15) is 4.39 Å². The molecule has 0 aliphatic heterocycles. The van der Waals surface area contributed by atoms with Gasteiger partial charge in [-0.1, -0.05) is 19.1 Å². The standard InChI is InChI=1S/C13H11FN2S/c1-2-9(7-15)13-16-12(8-17-13)10-5-3-4-6-11(10)14/h3-6,8-9H,2H2,1H3. The van der Waals surface area contributed by atoms with Crippen LogP contribution in [0.3, 0.4) is 0 Å². The Morgan fingerprint density at radius 3 is 2.88 bits per heavy atom. The Morgan fingerprint density at radius 2 is 2.24 bits per heavy atom. The molecule has 0 fully saturated rings. The Morgan fingerprint density at radius 1 is 1.47 bits per heavy atom. The molecular weight excluding hydrogens is 235 g/mol. The molecule has 0 saturated carbocycles. The maximum Gasteiger partial charge on any atom is 0.132 e. The Bertz CT molecular complexity index is 557. The summed E-state index contributed by atoms with van der Waals surface area (Å²) in [5.74, 6) is -0.477. The van der Waals surface area contributed by atoms with Gasteiger partial charge in [0.25, 0.3) is 0 Å². The number of nitriles is 1. The van der Waals surface area contributed by atoms with Gasteiger partial charge < -0.3 is 0 Å². The molecule has 1 aromatic heterocycles. The fourth-order valence-corrected chi connectivity index (χ4v) is 2.51. The van der Waals surface area contributed by atoms with Crippen molar-refractivity contribution in [2.24, 2.45) is 0 Å². The molecule has 1 heterocycles. The number of halogens is 1. The maximum atomic E-state index is 13.5. The van der Waals surface area contributed by atoms with E-state index in [1.165, 1.54) is 17.4 Å². The maximum absolute atomic E-state index is 13.5. The highest BCUT2D eigenvalue weighted by Gasteiger charge is 2.14. The summed E-state index contributed by atoms with van der Waals surface area (Å²) in [5.41, 5.74) is 1.10. The SMILES string of the molecule is CCC(C#N)c1nc(-c2ccccc2F)cs1. The zero-order valence-corrected chi connectivity index (χ0v) is 10.2. The van der Waals surface area contributed by atoms with Gasteiger partial charge in [-0.2, -0.15) is 5.26 Å². The summed E-state index contributed by atoms with van der Waals surface area (Å²) in [6.07, 6.45) is 0.723. The molecule has 2 nitrogen and oxygen atoms in total. The van der Waals surface area contributed by atoms with E-state index in [1.807, 2.05) is 6.92 Å². The highest BCUT2D eigenvalue weighted by Crippen LogP contribution is 2.28. The molecule has 0 aliphatic rings. The molecule has 0 bridgehead atoms. The predicted octanol–water partition coefficient (Wildman–Crippen LogP) is 3.97. The van der Waals surface area contributed by atoms with E-state index in [0.717, 1.165) is 11.4 Å². The lowest BCUT2D eigenvalue weighted by Crippen LogP contribution is -1.92. The lowest BCUT2D eigenvalue weighted by molar-refractivity contribution is 0.630. The van der Waals surface area contributed by atoms with Gasteiger partial charge in [0.05, 0.1) is 17.7 Å². The first-order valence-electron chi connectivity index (χ1n) is 5.36. The van der Waals surface area contributed by atoms with Crippen molar-refractivity contribution >= 4 is 11.3 Å². The van der Waals surface area contributed by atoms with Gasteiger partial charge in [0, 0.05) is 10.9 Å². The number of nitrogens with zero attached hydrogens (tertiary/aromatic N) is 2. The molecule has 1 atom stereocenters. The van der Waals surface area contributed by atoms with E-state index in [1.54, 1.807) is 23.6 Å². The van der Waals surface area contributed by atoms with Crippen LogP contribution in [0.5, 0.6) is 0 Å². The van der Waals surface area contributed by atoms with Crippen LogP contribution in [0.15, 0.2) is 29.6 Å². The summed E-state index contributed by atoms with van der Waals surface area (Å²) in [4.78, 5) is 4.34. The number of benzene rings is 1. The van der Waals surface area contributed by atoms with Crippen molar-refractivity contribution in [1.82, 2.24) is 4.98 Å². The molecule has 0 amide bonds. The van der Waals surface area contributed by atoms with E-state index in [0.29, 0.717) is 11.3 Å². The summed E-state index contributed by atoms with van der Waals surface area (Å²) in [6, 6.07) is 8.74. The molecule has 2 rings (SSSR count). The highest BCUT2D eigenvalue weighted by molar-refractivity contribution is 7.10. The molecular formula is C13H11FN2S. The van der Waals surface area contributed by atoms with Crippen molar-refractivity contribution in [3.63, 3.8) is 0 Å². The summed E-state index contributed by atoms with van der Waals surface area (Å²) in [6.45, 7) is 1.94. The van der Waals surface area contributed by atoms with Crippen molar-refractivity contribution in [3.05, 3.63) is 40.5 Å². The lowest BCUT2D eigenvalue weighted by Gasteiger charge is -2.00. The second kappa shape index (κ2) is 5.07. The Hall–Kier alpha value is -1.73. The van der Waals surface area contributed by atoms with Gasteiger partial charge in [-0.25, -0.2) is 9.37 Å². The van der Waals surface area contributed by atoms with Crippen molar-refractivity contribution in [2.75, 3.05) is 0 Å². The zero-order chi connectivity index (χ0) is 12.3. The van der Waals surface area contributed by atoms with E-state index in [2.05, 4.69) is 11.1 Å². The largest absolute Gasteiger partial charge is 0.240 e. The van der Waals surface area contributed by atoms with Gasteiger partial charge in [0.2, 0.25) is 0 Å². The molecule has 86 valence electrons. The molecule has 0 N–H and O–H groups in total.